The van der Waals surface area contributed by atoms with Gasteiger partial charge in [-0.25, -0.2) is 8.42 Å². The van der Waals surface area contributed by atoms with Gasteiger partial charge in [0.25, 0.3) is 0 Å². The lowest BCUT2D eigenvalue weighted by molar-refractivity contribution is -0.114. The number of carbonyl (C=O) groups is 1. The van der Waals surface area contributed by atoms with E-state index in [0.29, 0.717) is 12.2 Å². The fraction of sp³-hybridized carbons (Fsp3) is 0.316. The summed E-state index contributed by atoms with van der Waals surface area (Å²) >= 11 is 0. The van der Waals surface area contributed by atoms with E-state index >= 15 is 0 Å². The number of sulfonamides is 1. The van der Waals surface area contributed by atoms with Crippen LogP contribution in [0.1, 0.15) is 36.9 Å². The number of aryl methyl sites for hydroxylation is 1. The Morgan fingerprint density at radius 2 is 1.88 bits per heavy atom. The average Bonchev–Trinajstić information content (AvgIpc) is 3.05. The second kappa shape index (κ2) is 6.98. The first-order valence-corrected chi connectivity index (χ1v) is 9.78. The molecule has 1 aliphatic heterocycles. The molecular formula is C19H22N2O3S. The second-order valence-corrected chi connectivity index (χ2v) is 8.28. The summed E-state index contributed by atoms with van der Waals surface area (Å²) in [5.74, 6) is -0.185. The Morgan fingerprint density at radius 1 is 1.16 bits per heavy atom. The van der Waals surface area contributed by atoms with Crippen LogP contribution < -0.4 is 5.32 Å². The molecule has 2 aromatic rings. The third-order valence-electron chi connectivity index (χ3n) is 4.41. The van der Waals surface area contributed by atoms with Crippen molar-refractivity contribution in [2.75, 3.05) is 11.9 Å². The molecule has 1 atom stereocenters. The van der Waals surface area contributed by atoms with E-state index in [1.807, 2.05) is 25.1 Å². The van der Waals surface area contributed by atoms with Crippen LogP contribution in [0.5, 0.6) is 0 Å². The van der Waals surface area contributed by atoms with Crippen LogP contribution in [0.4, 0.5) is 5.69 Å². The van der Waals surface area contributed by atoms with Crippen LogP contribution in [0.2, 0.25) is 0 Å². The third kappa shape index (κ3) is 3.75. The molecule has 3 rings (SSSR count). The Balaban J connectivity index is 1.89. The first-order valence-electron chi connectivity index (χ1n) is 8.34. The number of carbonyl (C=O) groups excluding carboxylic acids is 1. The van der Waals surface area contributed by atoms with Crippen molar-refractivity contribution in [1.29, 1.82) is 0 Å². The van der Waals surface area contributed by atoms with E-state index in [9.17, 15) is 13.2 Å². The summed E-state index contributed by atoms with van der Waals surface area (Å²) in [5.41, 5.74) is 2.75. The lowest BCUT2D eigenvalue weighted by atomic mass is 10.0. The molecule has 1 N–H and O–H groups in total. The molecule has 0 aromatic heterocycles. The number of benzene rings is 2. The summed E-state index contributed by atoms with van der Waals surface area (Å²) in [5, 5.41) is 2.65. The van der Waals surface area contributed by atoms with Crippen molar-refractivity contribution >= 4 is 21.6 Å². The van der Waals surface area contributed by atoms with Gasteiger partial charge in [0.05, 0.1) is 10.9 Å². The van der Waals surface area contributed by atoms with Gasteiger partial charge in [-0.2, -0.15) is 4.31 Å². The van der Waals surface area contributed by atoms with E-state index in [1.165, 1.54) is 6.92 Å². The van der Waals surface area contributed by atoms with Gasteiger partial charge in [-0.1, -0.05) is 29.8 Å². The van der Waals surface area contributed by atoms with Gasteiger partial charge in [0, 0.05) is 19.2 Å². The van der Waals surface area contributed by atoms with E-state index in [2.05, 4.69) is 11.4 Å². The van der Waals surface area contributed by atoms with Crippen molar-refractivity contribution in [3.05, 3.63) is 59.7 Å². The Labute approximate surface area is 148 Å². The summed E-state index contributed by atoms with van der Waals surface area (Å²) in [7, 11) is -3.57. The Morgan fingerprint density at radius 3 is 2.52 bits per heavy atom. The van der Waals surface area contributed by atoms with Gasteiger partial charge in [0.2, 0.25) is 15.9 Å². The molecule has 1 heterocycles. The maximum Gasteiger partial charge on any atom is 0.243 e. The number of nitrogens with zero attached hydrogens (tertiary/aromatic N) is 1. The number of hydrogen-bond acceptors (Lipinski definition) is 3. The molecule has 1 fully saturated rings. The third-order valence-corrected chi connectivity index (χ3v) is 6.33. The van der Waals surface area contributed by atoms with Crippen LogP contribution in [0, 0.1) is 6.92 Å². The molecule has 1 saturated heterocycles. The minimum absolute atomic E-state index is 0.125. The van der Waals surface area contributed by atoms with Crippen LogP contribution in [0.25, 0.3) is 0 Å². The maximum absolute atomic E-state index is 13.1. The summed E-state index contributed by atoms with van der Waals surface area (Å²) in [6, 6.07) is 14.2. The van der Waals surface area contributed by atoms with Gasteiger partial charge in [-0.15, -0.1) is 0 Å². The molecule has 0 bridgehead atoms. The molecule has 132 valence electrons. The fourth-order valence-electron chi connectivity index (χ4n) is 3.29. The molecule has 2 aromatic carbocycles. The molecule has 25 heavy (non-hydrogen) atoms. The summed E-state index contributed by atoms with van der Waals surface area (Å²) in [6.45, 7) is 3.95. The first-order chi connectivity index (χ1) is 11.9. The second-order valence-electron chi connectivity index (χ2n) is 6.39. The maximum atomic E-state index is 13.1. The van der Waals surface area contributed by atoms with Gasteiger partial charge in [0.1, 0.15) is 0 Å². The number of hydrogen-bond donors (Lipinski definition) is 1. The van der Waals surface area contributed by atoms with E-state index in [4.69, 9.17) is 0 Å². The number of anilines is 1. The lowest BCUT2D eigenvalue weighted by Crippen LogP contribution is -2.30. The van der Waals surface area contributed by atoms with Crippen LogP contribution in [0.15, 0.2) is 53.4 Å². The van der Waals surface area contributed by atoms with Gasteiger partial charge < -0.3 is 5.32 Å². The van der Waals surface area contributed by atoms with E-state index in [-0.39, 0.29) is 16.8 Å². The minimum Gasteiger partial charge on any atom is -0.326 e. The standard InChI is InChI=1S/C19H22N2O3S/c1-14-5-3-6-16(13-14)19-7-4-12-21(19)25(23,24)18-10-8-17(9-11-18)20-15(2)22/h3,5-6,8-11,13,19H,4,7,12H2,1-2H3,(H,20,22)/t19-/m1/s1. The van der Waals surface area contributed by atoms with Crippen LogP contribution in [0.3, 0.4) is 0 Å². The number of nitrogens with one attached hydrogen (secondary N) is 1. The fourth-order valence-corrected chi connectivity index (χ4v) is 4.97. The zero-order valence-electron chi connectivity index (χ0n) is 14.4. The Bertz CT molecular complexity index is 876. The molecule has 0 radical (unpaired) electrons. The molecule has 1 amide bonds. The molecule has 0 spiro atoms. The molecule has 0 saturated carbocycles. The van der Waals surface area contributed by atoms with Gasteiger partial charge in [-0.3, -0.25) is 4.79 Å². The largest absolute Gasteiger partial charge is 0.326 e. The van der Waals surface area contributed by atoms with Gasteiger partial charge >= 0.3 is 0 Å². The van der Waals surface area contributed by atoms with Crippen molar-refractivity contribution in [3.63, 3.8) is 0 Å². The minimum atomic E-state index is -3.57. The first kappa shape index (κ1) is 17.6. The quantitative estimate of drug-likeness (QED) is 0.910. The van der Waals surface area contributed by atoms with Crippen molar-refractivity contribution in [3.8, 4) is 0 Å². The number of rotatable bonds is 4. The van der Waals surface area contributed by atoms with Gasteiger partial charge in [-0.05, 0) is 49.6 Å². The number of amides is 1. The molecule has 5 nitrogen and oxygen atoms in total. The smallest absolute Gasteiger partial charge is 0.243 e. The molecule has 0 unspecified atom stereocenters. The monoisotopic (exact) mass is 358 g/mol. The van der Waals surface area contributed by atoms with E-state index in [0.717, 1.165) is 24.0 Å². The highest BCUT2D eigenvalue weighted by atomic mass is 32.2. The normalized spacial score (nSPS) is 18.2. The van der Waals surface area contributed by atoms with E-state index in [1.54, 1.807) is 28.6 Å². The Kier molecular flexibility index (Phi) is 4.92. The topological polar surface area (TPSA) is 66.5 Å². The molecule has 0 aliphatic carbocycles. The van der Waals surface area contributed by atoms with Crippen molar-refractivity contribution < 1.29 is 13.2 Å². The average molecular weight is 358 g/mol. The highest BCUT2D eigenvalue weighted by molar-refractivity contribution is 7.89. The zero-order chi connectivity index (χ0) is 18.0. The zero-order valence-corrected chi connectivity index (χ0v) is 15.2. The predicted octanol–water partition coefficient (Wildman–Crippen LogP) is 3.48. The van der Waals surface area contributed by atoms with Crippen molar-refractivity contribution in [2.24, 2.45) is 0 Å². The van der Waals surface area contributed by atoms with Gasteiger partial charge in [0.15, 0.2) is 0 Å². The van der Waals surface area contributed by atoms with Crippen molar-refractivity contribution in [1.82, 2.24) is 4.31 Å². The molecular weight excluding hydrogens is 336 g/mol. The predicted molar refractivity (Wildman–Crippen MR) is 97.8 cm³/mol. The highest BCUT2D eigenvalue weighted by Crippen LogP contribution is 2.36. The Hall–Kier alpha value is -2.18. The highest BCUT2D eigenvalue weighted by Gasteiger charge is 2.36. The molecule has 1 aliphatic rings. The van der Waals surface area contributed by atoms with Crippen LogP contribution in [-0.4, -0.2) is 25.2 Å². The van der Waals surface area contributed by atoms with E-state index < -0.39 is 10.0 Å². The lowest BCUT2D eigenvalue weighted by Gasteiger charge is -2.25. The van der Waals surface area contributed by atoms with Crippen LogP contribution in [-0.2, 0) is 14.8 Å². The SMILES string of the molecule is CC(=O)Nc1ccc(S(=O)(=O)N2CCC[C@@H]2c2cccc(C)c2)cc1. The van der Waals surface area contributed by atoms with Crippen LogP contribution >= 0.6 is 0 Å². The summed E-state index contributed by atoms with van der Waals surface area (Å²) in [6.07, 6.45) is 1.68. The summed E-state index contributed by atoms with van der Waals surface area (Å²) < 4.78 is 27.7. The summed E-state index contributed by atoms with van der Waals surface area (Å²) in [4.78, 5) is 11.3. The van der Waals surface area contributed by atoms with Crippen molar-refractivity contribution in [2.45, 2.75) is 37.6 Å². The molecule has 6 heteroatoms.